The lowest BCUT2D eigenvalue weighted by molar-refractivity contribution is -0.137. The van der Waals surface area contributed by atoms with E-state index in [0.29, 0.717) is 60.5 Å². The van der Waals surface area contributed by atoms with Gasteiger partial charge in [0.1, 0.15) is 17.7 Å². The fourth-order valence-electron chi connectivity index (χ4n) is 4.83. The van der Waals surface area contributed by atoms with Crippen LogP contribution in [-0.4, -0.2) is 51.8 Å². The van der Waals surface area contributed by atoms with Gasteiger partial charge >= 0.3 is 12.2 Å². The van der Waals surface area contributed by atoms with E-state index in [1.165, 1.54) is 6.33 Å². The zero-order valence-corrected chi connectivity index (χ0v) is 21.8. The maximum atomic E-state index is 14.1. The highest BCUT2D eigenvalue weighted by Gasteiger charge is 2.31. The maximum Gasteiger partial charge on any atom is 0.416 e. The summed E-state index contributed by atoms with van der Waals surface area (Å²) in [6.45, 7) is 7.34. The van der Waals surface area contributed by atoms with Crippen molar-refractivity contribution in [2.75, 3.05) is 42.7 Å². The summed E-state index contributed by atoms with van der Waals surface area (Å²) < 4.78 is 60.4. The molecule has 1 fully saturated rings. The van der Waals surface area contributed by atoms with Gasteiger partial charge in [0.05, 0.1) is 30.2 Å². The number of nitrogens with one attached hydrogen (secondary N) is 2. The average molecular weight is 558 g/mol. The van der Waals surface area contributed by atoms with Gasteiger partial charge in [-0.15, -0.1) is 0 Å². The van der Waals surface area contributed by atoms with Crippen LogP contribution in [0.25, 0.3) is 16.6 Å². The Labute approximate surface area is 226 Å². The number of alkyl halides is 3. The second-order valence-corrected chi connectivity index (χ2v) is 9.54. The van der Waals surface area contributed by atoms with Crippen LogP contribution in [0.4, 0.5) is 39.5 Å². The summed E-state index contributed by atoms with van der Waals surface area (Å²) in [6, 6.07) is 6.24. The van der Waals surface area contributed by atoms with Crippen molar-refractivity contribution in [2.24, 2.45) is 0 Å². The van der Waals surface area contributed by atoms with Gasteiger partial charge in [0.25, 0.3) is 0 Å². The van der Waals surface area contributed by atoms with Crippen LogP contribution in [0.5, 0.6) is 0 Å². The van der Waals surface area contributed by atoms with Gasteiger partial charge < -0.3 is 21.1 Å². The molecule has 2 aromatic heterocycles. The third-order valence-corrected chi connectivity index (χ3v) is 6.90. The largest absolute Gasteiger partial charge is 0.416 e. The SMILES string of the molecule is Cc1cc(-c2c(C)c(CN3CCOCC3)n3ncnc(N)c23)ccc1NC(=O)Nc1cc(C(F)(F)F)ccc1F. The Morgan fingerprint density at radius 3 is 2.50 bits per heavy atom. The monoisotopic (exact) mass is 557 g/mol. The number of rotatable bonds is 5. The molecule has 0 atom stereocenters. The number of morpholine rings is 1. The zero-order chi connectivity index (χ0) is 28.6. The van der Waals surface area contributed by atoms with Crippen molar-refractivity contribution in [2.45, 2.75) is 26.6 Å². The van der Waals surface area contributed by atoms with Gasteiger partial charge in [0.15, 0.2) is 5.82 Å². The summed E-state index contributed by atoms with van der Waals surface area (Å²) in [6.07, 6.45) is -3.26. The highest BCUT2D eigenvalue weighted by atomic mass is 19.4. The minimum atomic E-state index is -4.68. The third kappa shape index (κ3) is 5.42. The average Bonchev–Trinajstić information content (AvgIpc) is 3.19. The molecule has 1 saturated heterocycles. The zero-order valence-electron chi connectivity index (χ0n) is 21.8. The number of urea groups is 1. The minimum Gasteiger partial charge on any atom is -0.382 e. The molecule has 1 aliphatic rings. The molecule has 0 saturated carbocycles. The van der Waals surface area contributed by atoms with Crippen molar-refractivity contribution in [3.05, 3.63) is 70.9 Å². The number of nitrogens with zero attached hydrogens (tertiary/aromatic N) is 4. The van der Waals surface area contributed by atoms with Crippen molar-refractivity contribution >= 4 is 28.7 Å². The highest BCUT2D eigenvalue weighted by molar-refractivity contribution is 6.01. The molecule has 40 heavy (non-hydrogen) atoms. The number of amides is 2. The predicted molar refractivity (Wildman–Crippen MR) is 142 cm³/mol. The summed E-state index contributed by atoms with van der Waals surface area (Å²) in [4.78, 5) is 19.0. The molecule has 13 heteroatoms. The highest BCUT2D eigenvalue weighted by Crippen LogP contribution is 2.37. The molecule has 2 aromatic carbocycles. The van der Waals surface area contributed by atoms with Crippen molar-refractivity contribution < 1.29 is 27.1 Å². The first-order valence-corrected chi connectivity index (χ1v) is 12.5. The lowest BCUT2D eigenvalue weighted by Crippen LogP contribution is -2.36. The molecule has 9 nitrogen and oxygen atoms in total. The van der Waals surface area contributed by atoms with Crippen LogP contribution < -0.4 is 16.4 Å². The van der Waals surface area contributed by atoms with Crippen molar-refractivity contribution in [1.29, 1.82) is 0 Å². The predicted octanol–water partition coefficient (Wildman–Crippen LogP) is 5.23. The van der Waals surface area contributed by atoms with Crippen molar-refractivity contribution in [3.8, 4) is 11.1 Å². The molecule has 4 aromatic rings. The van der Waals surface area contributed by atoms with Gasteiger partial charge in [-0.2, -0.15) is 18.3 Å². The number of benzene rings is 2. The molecule has 0 radical (unpaired) electrons. The van der Waals surface area contributed by atoms with E-state index in [2.05, 4.69) is 25.6 Å². The summed E-state index contributed by atoms with van der Waals surface area (Å²) >= 11 is 0. The first kappa shape index (κ1) is 27.3. The number of ether oxygens (including phenoxy) is 1. The smallest absolute Gasteiger partial charge is 0.382 e. The van der Waals surface area contributed by atoms with E-state index in [1.807, 2.05) is 13.0 Å². The first-order chi connectivity index (χ1) is 19.0. The number of hydrogen-bond donors (Lipinski definition) is 3. The molecule has 3 heterocycles. The van der Waals surface area contributed by atoms with Gasteiger partial charge in [-0.3, -0.25) is 4.90 Å². The standard InChI is InChI=1S/C27H27F4N7O2/c1-15-11-17(3-6-20(15)35-26(39)36-21-12-18(27(29,30)31)4-5-19(21)28)23-16(2)22(13-37-7-9-40-10-8-37)38-24(23)25(32)33-14-34-38/h3-6,11-12,14H,7-10,13H2,1-2H3,(H2,32,33,34)(H2,35,36,39). The van der Waals surface area contributed by atoms with E-state index in [1.54, 1.807) is 23.6 Å². The fourth-order valence-corrected chi connectivity index (χ4v) is 4.83. The number of nitrogens with two attached hydrogens (primary N) is 1. The van der Waals surface area contributed by atoms with Gasteiger partial charge in [0, 0.05) is 30.9 Å². The van der Waals surface area contributed by atoms with Crippen LogP contribution in [0.3, 0.4) is 0 Å². The molecule has 4 N–H and O–H groups in total. The Morgan fingerprint density at radius 1 is 1.07 bits per heavy atom. The van der Waals surface area contributed by atoms with Crippen LogP contribution in [0.2, 0.25) is 0 Å². The first-order valence-electron chi connectivity index (χ1n) is 12.5. The molecule has 0 spiro atoms. The quantitative estimate of drug-likeness (QED) is 0.290. The molecular formula is C27H27F4N7O2. The van der Waals surface area contributed by atoms with Gasteiger partial charge in [-0.25, -0.2) is 18.7 Å². The van der Waals surface area contributed by atoms with E-state index in [0.717, 1.165) is 35.5 Å². The molecule has 0 bridgehead atoms. The number of carbonyl (C=O) groups excluding carboxylic acids is 1. The molecule has 0 unspecified atom stereocenters. The van der Waals surface area contributed by atoms with E-state index in [-0.39, 0.29) is 0 Å². The van der Waals surface area contributed by atoms with Crippen LogP contribution in [0.1, 0.15) is 22.4 Å². The Morgan fingerprint density at radius 2 is 1.80 bits per heavy atom. The number of anilines is 3. The van der Waals surface area contributed by atoms with E-state index in [9.17, 15) is 22.4 Å². The molecular weight excluding hydrogens is 530 g/mol. The minimum absolute atomic E-state index is 0.323. The molecule has 5 rings (SSSR count). The maximum absolute atomic E-state index is 14.1. The Kier molecular flexibility index (Phi) is 7.34. The number of aromatic nitrogens is 3. The van der Waals surface area contributed by atoms with Crippen molar-refractivity contribution in [1.82, 2.24) is 19.5 Å². The molecule has 1 aliphatic heterocycles. The second-order valence-electron chi connectivity index (χ2n) is 9.54. The van der Waals surface area contributed by atoms with Gasteiger partial charge in [0.2, 0.25) is 0 Å². The Bertz CT molecular complexity index is 1580. The van der Waals surface area contributed by atoms with Gasteiger partial charge in [-0.1, -0.05) is 6.07 Å². The Hall–Kier alpha value is -4.23. The van der Waals surface area contributed by atoms with E-state index in [4.69, 9.17) is 10.5 Å². The van der Waals surface area contributed by atoms with Gasteiger partial charge in [-0.05, 0) is 60.9 Å². The van der Waals surface area contributed by atoms with Crippen LogP contribution in [0, 0.1) is 19.7 Å². The lowest BCUT2D eigenvalue weighted by Gasteiger charge is -2.26. The molecule has 2 amide bonds. The fraction of sp³-hybridized carbons (Fsp3) is 0.296. The lowest BCUT2D eigenvalue weighted by atomic mass is 9.99. The summed E-state index contributed by atoms with van der Waals surface area (Å²) in [5.74, 6) is -0.664. The Balaban J connectivity index is 1.42. The number of aryl methyl sites for hydroxylation is 1. The van der Waals surface area contributed by atoms with E-state index < -0.39 is 29.3 Å². The summed E-state index contributed by atoms with van der Waals surface area (Å²) in [7, 11) is 0. The number of carbonyl (C=O) groups is 1. The molecule has 0 aliphatic carbocycles. The topological polar surface area (TPSA) is 110 Å². The molecule has 210 valence electrons. The van der Waals surface area contributed by atoms with Crippen molar-refractivity contribution in [3.63, 3.8) is 0 Å². The third-order valence-electron chi connectivity index (χ3n) is 6.90. The van der Waals surface area contributed by atoms with E-state index >= 15 is 0 Å². The van der Waals surface area contributed by atoms with Crippen LogP contribution in [0.15, 0.2) is 42.7 Å². The number of fused-ring (bicyclic) bond motifs is 1. The summed E-state index contributed by atoms with van der Waals surface area (Å²) in [5, 5.41) is 9.19. The summed E-state index contributed by atoms with van der Waals surface area (Å²) in [5.41, 5.74) is 10.00. The van der Waals surface area contributed by atoms with Crippen LogP contribution in [-0.2, 0) is 17.5 Å². The second kappa shape index (κ2) is 10.7. The normalized spacial score (nSPS) is 14.4. The number of hydrogen-bond acceptors (Lipinski definition) is 6. The number of halogens is 4. The van der Waals surface area contributed by atoms with Crippen LogP contribution >= 0.6 is 0 Å². The number of nitrogen functional groups attached to an aromatic ring is 1.